The molecular weight excluding hydrogens is 390 g/mol. The van der Waals surface area contributed by atoms with Crippen molar-refractivity contribution in [1.82, 2.24) is 0 Å². The number of rotatable bonds is 7. The minimum atomic E-state index is -3.80. The van der Waals surface area contributed by atoms with Crippen LogP contribution in [0.3, 0.4) is 0 Å². The number of ether oxygens (including phenoxy) is 1. The highest BCUT2D eigenvalue weighted by atomic mass is 32.2. The molecule has 2 N–H and O–H groups in total. The first-order chi connectivity index (χ1) is 13.8. The molecular formula is C21H23N3O4S. The van der Waals surface area contributed by atoms with E-state index in [1.54, 1.807) is 13.0 Å². The molecule has 1 aliphatic heterocycles. The van der Waals surface area contributed by atoms with Gasteiger partial charge in [0.15, 0.2) is 0 Å². The fourth-order valence-corrected chi connectivity index (χ4v) is 3.36. The van der Waals surface area contributed by atoms with Crippen molar-refractivity contribution >= 4 is 33.4 Å². The Morgan fingerprint density at radius 2 is 1.83 bits per heavy atom. The fourth-order valence-electron chi connectivity index (χ4n) is 2.85. The predicted octanol–water partition coefficient (Wildman–Crippen LogP) is 3.32. The molecule has 1 heterocycles. The summed E-state index contributed by atoms with van der Waals surface area (Å²) in [5.41, 5.74) is 2.27. The van der Waals surface area contributed by atoms with Gasteiger partial charge in [-0.1, -0.05) is 31.5 Å². The summed E-state index contributed by atoms with van der Waals surface area (Å²) in [4.78, 5) is 12.9. The molecule has 0 bridgehead atoms. The second-order valence-corrected chi connectivity index (χ2v) is 8.20. The highest BCUT2D eigenvalue weighted by Crippen LogP contribution is 2.28. The molecule has 0 aromatic heterocycles. The van der Waals surface area contributed by atoms with Crippen molar-refractivity contribution in [1.29, 1.82) is 0 Å². The van der Waals surface area contributed by atoms with E-state index in [4.69, 9.17) is 9.88 Å². The number of nitrogens with two attached hydrogens (primary N) is 1. The molecule has 3 rings (SSSR count). The van der Waals surface area contributed by atoms with Crippen molar-refractivity contribution in [2.45, 2.75) is 31.6 Å². The van der Waals surface area contributed by atoms with E-state index in [2.05, 4.69) is 12.0 Å². The van der Waals surface area contributed by atoms with Crippen LogP contribution >= 0.6 is 0 Å². The van der Waals surface area contributed by atoms with Crippen LogP contribution in [0.1, 0.15) is 32.3 Å². The Morgan fingerprint density at radius 1 is 1.14 bits per heavy atom. The van der Waals surface area contributed by atoms with E-state index in [0.29, 0.717) is 29.3 Å². The number of primary sulfonamides is 1. The molecule has 0 unspecified atom stereocenters. The number of para-hydroxylation sites is 1. The average molecular weight is 413 g/mol. The molecule has 2 aromatic rings. The Hall–Kier alpha value is -2.97. The van der Waals surface area contributed by atoms with Gasteiger partial charge in [-0.15, -0.1) is 0 Å². The minimum absolute atomic E-state index is 0.0254. The third-order valence-electron chi connectivity index (χ3n) is 4.45. The second-order valence-electron chi connectivity index (χ2n) is 6.64. The molecule has 0 radical (unpaired) electrons. The molecule has 8 heteroatoms. The number of nitrogens with zero attached hydrogens (tertiary/aromatic N) is 2. The normalized spacial score (nSPS) is 15.7. The molecule has 29 heavy (non-hydrogen) atoms. The van der Waals surface area contributed by atoms with Gasteiger partial charge in [-0.05, 0) is 49.8 Å². The smallest absolute Gasteiger partial charge is 0.280 e. The first-order valence-corrected chi connectivity index (χ1v) is 10.8. The zero-order valence-corrected chi connectivity index (χ0v) is 17.1. The van der Waals surface area contributed by atoms with Gasteiger partial charge in [-0.3, -0.25) is 4.79 Å². The number of hydrogen-bond donors (Lipinski definition) is 1. The van der Waals surface area contributed by atoms with E-state index in [0.717, 1.165) is 18.4 Å². The molecule has 0 saturated heterocycles. The van der Waals surface area contributed by atoms with Crippen LogP contribution in [0.25, 0.3) is 6.08 Å². The number of benzene rings is 2. The maximum Gasteiger partial charge on any atom is 0.280 e. The Bertz CT molecular complexity index is 1070. The molecule has 1 aliphatic rings. The maximum atomic E-state index is 12.9. The highest BCUT2D eigenvalue weighted by Gasteiger charge is 2.29. The van der Waals surface area contributed by atoms with E-state index < -0.39 is 10.0 Å². The van der Waals surface area contributed by atoms with Gasteiger partial charge in [-0.25, -0.2) is 13.6 Å². The Labute approximate surface area is 170 Å². The summed E-state index contributed by atoms with van der Waals surface area (Å²) >= 11 is 0. The number of sulfonamides is 1. The summed E-state index contributed by atoms with van der Waals surface area (Å²) in [7, 11) is -3.80. The topological polar surface area (TPSA) is 102 Å². The average Bonchev–Trinajstić information content (AvgIpc) is 2.97. The number of carbonyl (C=O) groups excluding carboxylic acids is 1. The van der Waals surface area contributed by atoms with Crippen LogP contribution in [0.2, 0.25) is 0 Å². The van der Waals surface area contributed by atoms with Crippen molar-refractivity contribution in [3.8, 4) is 5.75 Å². The summed E-state index contributed by atoms with van der Waals surface area (Å²) < 4.78 is 28.7. The lowest BCUT2D eigenvalue weighted by atomic mass is 10.1. The minimum Gasteiger partial charge on any atom is -0.493 e. The van der Waals surface area contributed by atoms with E-state index >= 15 is 0 Å². The van der Waals surface area contributed by atoms with Gasteiger partial charge in [-0.2, -0.15) is 10.1 Å². The SMILES string of the molecule is CCCCOc1ccccc1/C=C1\C(=O)N(c2ccc(S(N)(=O)=O)cc2)N=C1C. The van der Waals surface area contributed by atoms with Crippen LogP contribution in [0.5, 0.6) is 5.75 Å². The van der Waals surface area contributed by atoms with Gasteiger partial charge >= 0.3 is 0 Å². The molecule has 7 nitrogen and oxygen atoms in total. The highest BCUT2D eigenvalue weighted by molar-refractivity contribution is 7.89. The lowest BCUT2D eigenvalue weighted by molar-refractivity contribution is -0.114. The van der Waals surface area contributed by atoms with Gasteiger partial charge in [0.05, 0.1) is 28.5 Å². The number of hydrazone groups is 1. The zero-order valence-electron chi connectivity index (χ0n) is 16.3. The molecule has 0 atom stereocenters. The Kier molecular flexibility index (Phi) is 6.14. The Balaban J connectivity index is 1.87. The van der Waals surface area contributed by atoms with E-state index in [9.17, 15) is 13.2 Å². The van der Waals surface area contributed by atoms with E-state index in [1.807, 2.05) is 24.3 Å². The summed E-state index contributed by atoms with van der Waals surface area (Å²) in [6, 6.07) is 13.2. The first-order valence-electron chi connectivity index (χ1n) is 9.27. The zero-order chi connectivity index (χ0) is 21.0. The quantitative estimate of drug-likeness (QED) is 0.556. The van der Waals surface area contributed by atoms with Crippen LogP contribution < -0.4 is 14.9 Å². The number of anilines is 1. The van der Waals surface area contributed by atoms with Crippen molar-refractivity contribution in [3.05, 3.63) is 59.7 Å². The van der Waals surface area contributed by atoms with Gasteiger partial charge in [0, 0.05) is 5.56 Å². The van der Waals surface area contributed by atoms with Gasteiger partial charge in [0.25, 0.3) is 5.91 Å². The summed E-state index contributed by atoms with van der Waals surface area (Å²) in [5.74, 6) is 0.416. The number of hydrogen-bond acceptors (Lipinski definition) is 5. The van der Waals surface area contributed by atoms with Gasteiger partial charge < -0.3 is 4.74 Å². The molecule has 1 amide bonds. The van der Waals surface area contributed by atoms with E-state index in [1.165, 1.54) is 29.3 Å². The van der Waals surface area contributed by atoms with Crippen molar-refractivity contribution in [2.75, 3.05) is 11.6 Å². The van der Waals surface area contributed by atoms with Crippen molar-refractivity contribution in [2.24, 2.45) is 10.2 Å². The molecule has 2 aromatic carbocycles. The molecule has 0 spiro atoms. The molecule has 0 saturated carbocycles. The number of unbranched alkanes of at least 4 members (excludes halogenated alkanes) is 1. The molecule has 0 fully saturated rings. The lowest BCUT2D eigenvalue weighted by Gasteiger charge is -2.12. The predicted molar refractivity (Wildman–Crippen MR) is 113 cm³/mol. The summed E-state index contributed by atoms with van der Waals surface area (Å²) in [6.45, 7) is 4.46. The van der Waals surface area contributed by atoms with Crippen LogP contribution in [0.15, 0.2) is 64.1 Å². The monoisotopic (exact) mass is 413 g/mol. The fraction of sp³-hybridized carbons (Fsp3) is 0.238. The number of carbonyl (C=O) groups is 1. The Morgan fingerprint density at radius 3 is 2.48 bits per heavy atom. The summed E-state index contributed by atoms with van der Waals surface area (Å²) in [5, 5.41) is 10.7. The summed E-state index contributed by atoms with van der Waals surface area (Å²) in [6.07, 6.45) is 3.75. The van der Waals surface area contributed by atoms with Crippen molar-refractivity contribution in [3.63, 3.8) is 0 Å². The van der Waals surface area contributed by atoms with Crippen molar-refractivity contribution < 1.29 is 17.9 Å². The maximum absolute atomic E-state index is 12.9. The first kappa shape index (κ1) is 20.8. The largest absolute Gasteiger partial charge is 0.493 e. The number of amides is 1. The molecule has 152 valence electrons. The molecule has 0 aliphatic carbocycles. The van der Waals surface area contributed by atoms with Gasteiger partial charge in [0.2, 0.25) is 10.0 Å². The van der Waals surface area contributed by atoms with Crippen LogP contribution in [0.4, 0.5) is 5.69 Å². The third-order valence-corrected chi connectivity index (χ3v) is 5.38. The van der Waals surface area contributed by atoms with E-state index in [-0.39, 0.29) is 10.8 Å². The standard InChI is InChI=1S/C21H23N3O4S/c1-3-4-13-28-20-8-6-5-7-16(20)14-19-15(2)23-24(21(19)25)17-9-11-18(12-10-17)29(22,26)27/h5-12,14H,3-4,13H2,1-2H3,(H2,22,26,27)/b19-14-. The van der Waals surface area contributed by atoms with Crippen LogP contribution in [0, 0.1) is 0 Å². The van der Waals surface area contributed by atoms with Crippen LogP contribution in [-0.4, -0.2) is 26.6 Å². The third kappa shape index (κ3) is 4.72. The second kappa shape index (κ2) is 8.59. The lowest BCUT2D eigenvalue weighted by Crippen LogP contribution is -2.21. The van der Waals surface area contributed by atoms with Crippen LogP contribution in [-0.2, 0) is 14.8 Å². The van der Waals surface area contributed by atoms with Gasteiger partial charge in [0.1, 0.15) is 5.75 Å².